The summed E-state index contributed by atoms with van der Waals surface area (Å²) in [6.45, 7) is 1.48. The number of ether oxygens (including phenoxy) is 1. The monoisotopic (exact) mass is 309 g/mol. The van der Waals surface area contributed by atoms with E-state index in [1.165, 1.54) is 18.2 Å². The van der Waals surface area contributed by atoms with Crippen molar-refractivity contribution in [1.29, 1.82) is 5.26 Å². The molecule has 1 amide bonds. The first-order valence-electron chi connectivity index (χ1n) is 6.39. The Bertz CT molecular complexity index is 660. The second kappa shape index (κ2) is 6.67. The first-order chi connectivity index (χ1) is 10.0. The number of nitriles is 1. The summed E-state index contributed by atoms with van der Waals surface area (Å²) in [5.74, 6) is -0.309. The third-order valence-electron chi connectivity index (χ3n) is 3.07. The van der Waals surface area contributed by atoms with Gasteiger partial charge in [-0.1, -0.05) is 12.1 Å². The number of benzene rings is 1. The van der Waals surface area contributed by atoms with Crippen molar-refractivity contribution in [2.45, 2.75) is 4.90 Å². The van der Waals surface area contributed by atoms with Crippen LogP contribution in [0.15, 0.2) is 29.2 Å². The summed E-state index contributed by atoms with van der Waals surface area (Å²) in [4.78, 5) is 13.3. The molecule has 0 spiro atoms. The number of sulfonamides is 1. The Morgan fingerprint density at radius 3 is 2.67 bits per heavy atom. The minimum Gasteiger partial charge on any atom is -0.378 e. The first-order valence-corrected chi connectivity index (χ1v) is 7.87. The molecule has 1 aromatic rings. The van der Waals surface area contributed by atoms with Crippen LogP contribution >= 0.6 is 0 Å². The number of hydrogen-bond donors (Lipinski definition) is 1. The van der Waals surface area contributed by atoms with Crippen molar-refractivity contribution in [3.8, 4) is 6.07 Å². The van der Waals surface area contributed by atoms with E-state index in [9.17, 15) is 13.2 Å². The lowest BCUT2D eigenvalue weighted by molar-refractivity contribution is -0.133. The molecule has 0 saturated carbocycles. The van der Waals surface area contributed by atoms with Gasteiger partial charge in [0.1, 0.15) is 6.07 Å². The lowest BCUT2D eigenvalue weighted by Gasteiger charge is -2.26. The SMILES string of the molecule is N#Cc1ccccc1S(=O)(=O)NCC(=O)N1CCOCC1. The number of nitrogens with one attached hydrogen (secondary N) is 1. The number of rotatable bonds is 4. The quantitative estimate of drug-likeness (QED) is 0.823. The predicted molar refractivity (Wildman–Crippen MR) is 73.7 cm³/mol. The molecular weight excluding hydrogens is 294 g/mol. The maximum Gasteiger partial charge on any atom is 0.242 e. The highest BCUT2D eigenvalue weighted by atomic mass is 32.2. The second-order valence-electron chi connectivity index (χ2n) is 4.43. The molecule has 1 N–H and O–H groups in total. The smallest absolute Gasteiger partial charge is 0.242 e. The van der Waals surface area contributed by atoms with Crippen LogP contribution in [-0.4, -0.2) is 52.1 Å². The van der Waals surface area contributed by atoms with E-state index in [1.54, 1.807) is 11.0 Å². The van der Waals surface area contributed by atoms with Crippen LogP contribution in [0.3, 0.4) is 0 Å². The lowest BCUT2D eigenvalue weighted by Crippen LogP contribution is -2.45. The summed E-state index contributed by atoms with van der Waals surface area (Å²) in [6, 6.07) is 7.68. The lowest BCUT2D eigenvalue weighted by atomic mass is 10.2. The maximum absolute atomic E-state index is 12.1. The van der Waals surface area contributed by atoms with Crippen molar-refractivity contribution in [2.75, 3.05) is 32.8 Å². The standard InChI is InChI=1S/C13H15N3O4S/c14-9-11-3-1-2-4-12(11)21(18,19)15-10-13(17)16-5-7-20-8-6-16/h1-4,15H,5-8,10H2. The van der Waals surface area contributed by atoms with Crippen molar-refractivity contribution in [1.82, 2.24) is 9.62 Å². The van der Waals surface area contributed by atoms with Crippen LogP contribution in [0.5, 0.6) is 0 Å². The summed E-state index contributed by atoms with van der Waals surface area (Å²) in [6.07, 6.45) is 0. The van der Waals surface area contributed by atoms with Crippen LogP contribution < -0.4 is 4.72 Å². The summed E-state index contributed by atoms with van der Waals surface area (Å²) < 4.78 is 31.6. The molecule has 0 unspecified atom stereocenters. The van der Waals surface area contributed by atoms with Crippen molar-refractivity contribution >= 4 is 15.9 Å². The van der Waals surface area contributed by atoms with Crippen molar-refractivity contribution in [3.63, 3.8) is 0 Å². The molecule has 1 saturated heterocycles. The van der Waals surface area contributed by atoms with Gasteiger partial charge in [-0.2, -0.15) is 5.26 Å². The first kappa shape index (κ1) is 15.4. The topological polar surface area (TPSA) is 99.5 Å². The van der Waals surface area contributed by atoms with E-state index in [1.807, 2.05) is 6.07 Å². The number of nitrogens with zero attached hydrogens (tertiary/aromatic N) is 2. The van der Waals surface area contributed by atoms with Gasteiger partial charge < -0.3 is 9.64 Å². The molecule has 0 aromatic heterocycles. The molecule has 21 heavy (non-hydrogen) atoms. The Hall–Kier alpha value is -1.95. The zero-order valence-electron chi connectivity index (χ0n) is 11.3. The molecule has 7 nitrogen and oxygen atoms in total. The third kappa shape index (κ3) is 3.78. The van der Waals surface area contributed by atoms with Crippen LogP contribution in [0.4, 0.5) is 0 Å². The fraction of sp³-hybridized carbons (Fsp3) is 0.385. The van der Waals surface area contributed by atoms with Crippen LogP contribution in [0.2, 0.25) is 0 Å². The van der Waals surface area contributed by atoms with Gasteiger partial charge in [-0.3, -0.25) is 4.79 Å². The van der Waals surface area contributed by atoms with E-state index in [2.05, 4.69) is 4.72 Å². The van der Waals surface area contributed by atoms with Gasteiger partial charge in [0, 0.05) is 13.1 Å². The third-order valence-corrected chi connectivity index (χ3v) is 4.53. The Labute approximate surface area is 123 Å². The van der Waals surface area contributed by atoms with Crippen LogP contribution in [-0.2, 0) is 19.6 Å². The van der Waals surface area contributed by atoms with Crippen molar-refractivity contribution in [2.24, 2.45) is 0 Å². The molecule has 0 bridgehead atoms. The van der Waals surface area contributed by atoms with E-state index in [0.29, 0.717) is 26.3 Å². The minimum absolute atomic E-state index is 0.0452. The number of carbonyl (C=O) groups is 1. The fourth-order valence-electron chi connectivity index (χ4n) is 1.95. The molecule has 2 rings (SSSR count). The zero-order chi connectivity index (χ0) is 15.3. The molecule has 0 atom stereocenters. The van der Waals surface area contributed by atoms with Gasteiger partial charge in [0.2, 0.25) is 15.9 Å². The number of hydrogen-bond acceptors (Lipinski definition) is 5. The molecule has 8 heteroatoms. The van der Waals surface area contributed by atoms with Gasteiger partial charge in [-0.15, -0.1) is 0 Å². The van der Waals surface area contributed by atoms with Crippen molar-refractivity contribution in [3.05, 3.63) is 29.8 Å². The van der Waals surface area contributed by atoms with Crippen LogP contribution in [0, 0.1) is 11.3 Å². The predicted octanol–water partition coefficient (Wildman–Crippen LogP) is -0.305. The van der Waals surface area contributed by atoms with Gasteiger partial charge in [-0.05, 0) is 12.1 Å². The number of carbonyl (C=O) groups excluding carboxylic acids is 1. The highest BCUT2D eigenvalue weighted by Gasteiger charge is 2.22. The Morgan fingerprint density at radius 1 is 1.33 bits per heavy atom. The number of amides is 1. The normalized spacial score (nSPS) is 15.5. The van der Waals surface area contributed by atoms with E-state index < -0.39 is 10.0 Å². The highest BCUT2D eigenvalue weighted by Crippen LogP contribution is 2.13. The molecule has 0 radical (unpaired) electrons. The average Bonchev–Trinajstić information content (AvgIpc) is 2.53. The maximum atomic E-state index is 12.1. The van der Waals surface area contributed by atoms with E-state index in [0.717, 1.165) is 0 Å². The average molecular weight is 309 g/mol. The molecule has 1 aromatic carbocycles. The van der Waals surface area contributed by atoms with E-state index >= 15 is 0 Å². The summed E-state index contributed by atoms with van der Waals surface area (Å²) in [5, 5.41) is 8.93. The van der Waals surface area contributed by atoms with E-state index in [4.69, 9.17) is 10.00 Å². The van der Waals surface area contributed by atoms with Gasteiger partial charge in [0.05, 0.1) is 30.2 Å². The molecule has 1 heterocycles. The Morgan fingerprint density at radius 2 is 2.00 bits per heavy atom. The van der Waals surface area contributed by atoms with Gasteiger partial charge in [-0.25, -0.2) is 13.1 Å². The van der Waals surface area contributed by atoms with Gasteiger partial charge >= 0.3 is 0 Å². The molecule has 0 aliphatic carbocycles. The fourth-order valence-corrected chi connectivity index (χ4v) is 3.08. The van der Waals surface area contributed by atoms with Crippen LogP contribution in [0.1, 0.15) is 5.56 Å². The molecule has 1 aliphatic rings. The molecule has 1 aliphatic heterocycles. The highest BCUT2D eigenvalue weighted by molar-refractivity contribution is 7.89. The summed E-state index contributed by atoms with van der Waals surface area (Å²) in [5.41, 5.74) is 0.0452. The summed E-state index contributed by atoms with van der Waals surface area (Å²) >= 11 is 0. The van der Waals surface area contributed by atoms with Crippen molar-refractivity contribution < 1.29 is 17.9 Å². The second-order valence-corrected chi connectivity index (χ2v) is 6.16. The molecular formula is C13H15N3O4S. The zero-order valence-corrected chi connectivity index (χ0v) is 12.1. The van der Waals surface area contributed by atoms with Gasteiger partial charge in [0.15, 0.2) is 0 Å². The molecule has 1 fully saturated rings. The Kier molecular flexibility index (Phi) is 4.90. The van der Waals surface area contributed by atoms with Crippen LogP contribution in [0.25, 0.3) is 0 Å². The van der Waals surface area contributed by atoms with Gasteiger partial charge in [0.25, 0.3) is 0 Å². The summed E-state index contributed by atoms with van der Waals surface area (Å²) in [7, 11) is -3.89. The minimum atomic E-state index is -3.89. The van der Waals surface area contributed by atoms with E-state index in [-0.39, 0.29) is 22.9 Å². The Balaban J connectivity index is 2.04. The number of morpholine rings is 1. The largest absolute Gasteiger partial charge is 0.378 e. The molecule has 112 valence electrons.